The van der Waals surface area contributed by atoms with Crippen LogP contribution < -0.4 is 0 Å². The number of hydrogen-bond acceptors (Lipinski definition) is 3. The van der Waals surface area contributed by atoms with Gasteiger partial charge < -0.3 is 9.47 Å². The number of nitrogens with zero attached hydrogens (tertiary/aromatic N) is 1. The van der Waals surface area contributed by atoms with E-state index in [9.17, 15) is 0 Å². The summed E-state index contributed by atoms with van der Waals surface area (Å²) in [5.74, 6) is 0. The lowest BCUT2D eigenvalue weighted by atomic mass is 10.1. The van der Waals surface area contributed by atoms with Crippen LogP contribution in [-0.4, -0.2) is 36.3 Å². The van der Waals surface area contributed by atoms with E-state index in [4.69, 9.17) is 9.47 Å². The molecule has 0 amide bonds. The van der Waals surface area contributed by atoms with Crippen LogP contribution in [-0.2, 0) is 22.6 Å². The summed E-state index contributed by atoms with van der Waals surface area (Å²) in [6, 6.07) is 21.2. The van der Waals surface area contributed by atoms with Gasteiger partial charge in [-0.25, -0.2) is 0 Å². The molecule has 0 unspecified atom stereocenters. The lowest BCUT2D eigenvalue weighted by molar-refractivity contribution is -0.0609. The molecule has 2 aromatic rings. The Bertz CT molecular complexity index is 733. The largest absolute Gasteiger partial charge is 0.374 e. The van der Waals surface area contributed by atoms with Gasteiger partial charge in [-0.15, -0.1) is 6.58 Å². The van der Waals surface area contributed by atoms with Crippen LogP contribution >= 0.6 is 0 Å². The first-order chi connectivity index (χ1) is 15.3. The molecule has 1 heterocycles. The lowest BCUT2D eigenvalue weighted by Crippen LogP contribution is -2.36. The predicted molar refractivity (Wildman–Crippen MR) is 129 cm³/mol. The monoisotopic (exact) mass is 421 g/mol. The minimum absolute atomic E-state index is 0.00140. The van der Waals surface area contributed by atoms with E-state index >= 15 is 0 Å². The molecule has 0 N–H and O–H groups in total. The normalized spacial score (nSPS) is 21.4. The van der Waals surface area contributed by atoms with E-state index in [0.29, 0.717) is 6.61 Å². The molecule has 1 aliphatic rings. The molecule has 3 nitrogen and oxygen atoms in total. The molecule has 1 fully saturated rings. The van der Waals surface area contributed by atoms with Crippen LogP contribution in [0.2, 0.25) is 0 Å². The molecular formula is C28H39NO2. The number of hydrogen-bond donors (Lipinski definition) is 0. The van der Waals surface area contributed by atoms with Crippen LogP contribution in [0.1, 0.15) is 56.6 Å². The number of ether oxygens (including phenoxy) is 2. The predicted octanol–water partition coefficient (Wildman–Crippen LogP) is 6.39. The Kier molecular flexibility index (Phi) is 10.3. The van der Waals surface area contributed by atoms with Crippen molar-refractivity contribution in [1.82, 2.24) is 4.90 Å². The molecule has 0 aliphatic carbocycles. The maximum Gasteiger partial charge on any atom is 0.104 e. The van der Waals surface area contributed by atoms with Crippen LogP contribution in [0.3, 0.4) is 0 Å². The van der Waals surface area contributed by atoms with E-state index in [-0.39, 0.29) is 18.2 Å². The van der Waals surface area contributed by atoms with Gasteiger partial charge in [-0.05, 0) is 17.5 Å². The van der Waals surface area contributed by atoms with E-state index in [1.165, 1.54) is 43.2 Å². The summed E-state index contributed by atoms with van der Waals surface area (Å²) >= 11 is 0. The second-order valence-corrected chi connectivity index (χ2v) is 8.58. The molecule has 3 atom stereocenters. The van der Waals surface area contributed by atoms with Crippen molar-refractivity contribution in [2.45, 2.75) is 76.9 Å². The van der Waals surface area contributed by atoms with Gasteiger partial charge in [0, 0.05) is 19.7 Å². The number of unbranched alkanes of at least 4 members (excludes halogenated alkanes) is 5. The zero-order chi connectivity index (χ0) is 21.7. The summed E-state index contributed by atoms with van der Waals surface area (Å²) < 4.78 is 12.8. The molecule has 0 spiro atoms. The SMILES string of the molecule is C=C[C@H]1[C@H](OCc2ccccc2)[C@@H](OCCCCCCCC)CN1Cc1ccccc1. The Morgan fingerprint density at radius 2 is 1.52 bits per heavy atom. The Hall–Kier alpha value is -1.94. The molecule has 31 heavy (non-hydrogen) atoms. The van der Waals surface area contributed by atoms with Crippen molar-refractivity contribution in [2.24, 2.45) is 0 Å². The average molecular weight is 422 g/mol. The van der Waals surface area contributed by atoms with Crippen LogP contribution in [0.15, 0.2) is 73.3 Å². The molecule has 1 aliphatic heterocycles. The Morgan fingerprint density at radius 3 is 2.19 bits per heavy atom. The molecule has 0 bridgehead atoms. The molecule has 0 saturated carbocycles. The van der Waals surface area contributed by atoms with Crippen molar-refractivity contribution in [1.29, 1.82) is 0 Å². The van der Waals surface area contributed by atoms with E-state index in [1.807, 2.05) is 12.1 Å². The Morgan fingerprint density at radius 1 is 0.871 bits per heavy atom. The zero-order valence-corrected chi connectivity index (χ0v) is 19.1. The number of rotatable bonds is 14. The third-order valence-electron chi connectivity index (χ3n) is 6.12. The van der Waals surface area contributed by atoms with Gasteiger partial charge in [0.05, 0.1) is 18.8 Å². The average Bonchev–Trinajstić information content (AvgIpc) is 3.14. The highest BCUT2D eigenvalue weighted by atomic mass is 16.5. The maximum atomic E-state index is 6.45. The van der Waals surface area contributed by atoms with Crippen molar-refractivity contribution < 1.29 is 9.47 Å². The fourth-order valence-corrected chi connectivity index (χ4v) is 4.39. The second-order valence-electron chi connectivity index (χ2n) is 8.58. The van der Waals surface area contributed by atoms with Gasteiger partial charge in [-0.1, -0.05) is 106 Å². The maximum absolute atomic E-state index is 6.45. The zero-order valence-electron chi connectivity index (χ0n) is 19.1. The highest BCUT2D eigenvalue weighted by molar-refractivity contribution is 5.17. The quantitative estimate of drug-likeness (QED) is 0.261. The van der Waals surface area contributed by atoms with Gasteiger partial charge in [0.15, 0.2) is 0 Å². The third-order valence-corrected chi connectivity index (χ3v) is 6.12. The summed E-state index contributed by atoms with van der Waals surface area (Å²) in [5, 5.41) is 0. The first-order valence-corrected chi connectivity index (χ1v) is 12.0. The van der Waals surface area contributed by atoms with E-state index in [0.717, 1.165) is 26.1 Å². The fourth-order valence-electron chi connectivity index (χ4n) is 4.39. The van der Waals surface area contributed by atoms with Crippen LogP contribution in [0.5, 0.6) is 0 Å². The molecular weight excluding hydrogens is 382 g/mol. The van der Waals surface area contributed by atoms with Gasteiger partial charge in [0.25, 0.3) is 0 Å². The lowest BCUT2D eigenvalue weighted by Gasteiger charge is -2.26. The first kappa shape index (κ1) is 23.7. The number of benzene rings is 2. The summed E-state index contributed by atoms with van der Waals surface area (Å²) in [7, 11) is 0. The standard InChI is InChI=1S/C28H39NO2/c1-3-5-6-7-8-15-20-30-27-22-29(21-24-16-11-9-12-17-24)26(4-2)28(27)31-23-25-18-13-10-14-19-25/h4,9-14,16-19,26-28H,2-3,5-8,15,20-23H2,1H3/t26-,27-,28-/m0/s1. The van der Waals surface area contributed by atoms with Crippen molar-refractivity contribution in [3.05, 3.63) is 84.4 Å². The molecule has 0 aromatic heterocycles. The van der Waals surface area contributed by atoms with E-state index < -0.39 is 0 Å². The summed E-state index contributed by atoms with van der Waals surface area (Å²) in [6.45, 7) is 9.57. The Balaban J connectivity index is 1.59. The molecule has 1 saturated heterocycles. The van der Waals surface area contributed by atoms with Crippen LogP contribution in [0, 0.1) is 0 Å². The highest BCUT2D eigenvalue weighted by Crippen LogP contribution is 2.28. The fraction of sp³-hybridized carbons (Fsp3) is 0.500. The molecule has 3 rings (SSSR count). The molecule has 2 aromatic carbocycles. The van der Waals surface area contributed by atoms with Gasteiger partial charge in [-0.3, -0.25) is 4.90 Å². The topological polar surface area (TPSA) is 21.7 Å². The van der Waals surface area contributed by atoms with Gasteiger partial charge in [0.1, 0.15) is 6.10 Å². The number of likely N-dealkylation sites (tertiary alicyclic amines) is 1. The third kappa shape index (κ3) is 7.60. The highest BCUT2D eigenvalue weighted by Gasteiger charge is 2.41. The molecule has 3 heteroatoms. The van der Waals surface area contributed by atoms with Crippen molar-refractivity contribution in [3.8, 4) is 0 Å². The Labute approximate surface area is 189 Å². The minimum Gasteiger partial charge on any atom is -0.374 e. The summed E-state index contributed by atoms with van der Waals surface area (Å²) in [5.41, 5.74) is 2.51. The minimum atomic E-state index is 0.00140. The van der Waals surface area contributed by atoms with Crippen LogP contribution in [0.25, 0.3) is 0 Å². The smallest absolute Gasteiger partial charge is 0.104 e. The van der Waals surface area contributed by atoms with E-state index in [1.54, 1.807) is 0 Å². The van der Waals surface area contributed by atoms with E-state index in [2.05, 4.69) is 73.0 Å². The molecule has 0 radical (unpaired) electrons. The van der Waals surface area contributed by atoms with Crippen molar-refractivity contribution in [2.75, 3.05) is 13.2 Å². The van der Waals surface area contributed by atoms with Gasteiger partial charge in [0.2, 0.25) is 0 Å². The van der Waals surface area contributed by atoms with Crippen molar-refractivity contribution in [3.63, 3.8) is 0 Å². The van der Waals surface area contributed by atoms with Gasteiger partial charge in [-0.2, -0.15) is 0 Å². The van der Waals surface area contributed by atoms with Crippen LogP contribution in [0.4, 0.5) is 0 Å². The first-order valence-electron chi connectivity index (χ1n) is 12.0. The summed E-state index contributed by atoms with van der Waals surface area (Å²) in [4.78, 5) is 2.45. The van der Waals surface area contributed by atoms with Gasteiger partial charge >= 0.3 is 0 Å². The summed E-state index contributed by atoms with van der Waals surface area (Å²) in [6.07, 6.45) is 9.77. The second kappa shape index (κ2) is 13.5. The van der Waals surface area contributed by atoms with Crippen molar-refractivity contribution >= 4 is 0 Å². The molecule has 168 valence electrons.